The molecule has 2 aliphatic heterocycles. The van der Waals surface area contributed by atoms with Crippen molar-refractivity contribution in [3.63, 3.8) is 0 Å². The summed E-state index contributed by atoms with van der Waals surface area (Å²) in [6, 6.07) is 64.3. The predicted molar refractivity (Wildman–Crippen MR) is 270 cm³/mol. The number of para-hydroxylation sites is 1. The number of rotatable bonds is 6. The van der Waals surface area contributed by atoms with Crippen molar-refractivity contribution < 1.29 is 21.1 Å². The number of benzene rings is 7. The molecule has 1 saturated heterocycles. The summed E-state index contributed by atoms with van der Waals surface area (Å²) in [6.07, 6.45) is 0. The van der Waals surface area contributed by atoms with Crippen LogP contribution >= 0.6 is 0 Å². The van der Waals surface area contributed by atoms with E-state index in [0.29, 0.717) is 9.18 Å². The molecule has 0 N–H and O–H groups in total. The monoisotopic (exact) mass is 1020 g/mol. The molecule has 0 saturated carbocycles. The van der Waals surface area contributed by atoms with Gasteiger partial charge in [-0.3, -0.25) is 0 Å². The molecule has 64 heavy (non-hydrogen) atoms. The summed E-state index contributed by atoms with van der Waals surface area (Å²) in [4.78, 5) is 0. The van der Waals surface area contributed by atoms with Crippen LogP contribution in [0.3, 0.4) is 0 Å². The second-order valence-corrected chi connectivity index (χ2v) is 22.3. The third kappa shape index (κ3) is 6.90. The van der Waals surface area contributed by atoms with E-state index in [0.717, 1.165) is 27.6 Å². The Labute approximate surface area is 397 Å². The third-order valence-electron chi connectivity index (χ3n) is 13.8. The molecule has 2 aliphatic rings. The van der Waals surface area contributed by atoms with Crippen LogP contribution in [-0.2, 0) is 42.7 Å². The maximum atomic E-state index is 4.21. The average Bonchev–Trinajstić information content (AvgIpc) is 3.73. The maximum absolute atomic E-state index is 4.21. The second-order valence-electron chi connectivity index (χ2n) is 22.3. The van der Waals surface area contributed by atoms with E-state index in [2.05, 4.69) is 252 Å². The molecule has 7 aromatic carbocycles. The predicted octanol–water partition coefficient (Wildman–Crippen LogP) is 13.2. The Morgan fingerprint density at radius 2 is 1.16 bits per heavy atom. The Hall–Kier alpha value is -4.99. The fourth-order valence-corrected chi connectivity index (χ4v) is 10.0. The fourth-order valence-electron chi connectivity index (χ4n) is 10.0. The summed E-state index contributed by atoms with van der Waals surface area (Å²) in [5.74, 6) is 0. The SMILES string of the molecule is CC(C)(C)c1cc[c-]c(-n2c3[c-]c(B(c4[c-]c([N+]56[CH-][N@+]5(c5cccc(C(C)(C)C)c5)c5ccc(C(C)(C)C)cc56)cc(C(C)(C)C)c4)c4ccccc4)ccc3c3ccccc32)c1.[Pt+4]. The van der Waals surface area contributed by atoms with Crippen molar-refractivity contribution in [2.75, 3.05) is 0 Å². The van der Waals surface area contributed by atoms with Gasteiger partial charge in [0.2, 0.25) is 11.4 Å². The molecule has 3 heterocycles. The van der Waals surface area contributed by atoms with Gasteiger partial charge in [-0.05, 0) is 44.2 Å². The molecule has 1 aromatic heterocycles. The van der Waals surface area contributed by atoms with Gasteiger partial charge in [-0.2, -0.15) is 63.5 Å². The van der Waals surface area contributed by atoms with E-state index in [4.69, 9.17) is 0 Å². The number of quaternary nitrogens is 2. The van der Waals surface area contributed by atoms with Crippen molar-refractivity contribution >= 4 is 67.7 Å². The molecule has 322 valence electrons. The molecule has 0 aliphatic carbocycles. The van der Waals surface area contributed by atoms with E-state index in [9.17, 15) is 0 Å². The first-order valence-electron chi connectivity index (χ1n) is 22.7. The second kappa shape index (κ2) is 15.0. The largest absolute Gasteiger partial charge is 4.00 e. The zero-order valence-corrected chi connectivity index (χ0v) is 41.9. The molecule has 1 unspecified atom stereocenters. The quantitative estimate of drug-likeness (QED) is 0.0677. The average molecular weight is 1020 g/mol. The van der Waals surface area contributed by atoms with Crippen LogP contribution in [0.2, 0.25) is 0 Å². The van der Waals surface area contributed by atoms with Crippen LogP contribution in [-0.4, -0.2) is 11.3 Å². The smallest absolute Gasteiger partial charge is 0.358 e. The molecule has 0 radical (unpaired) electrons. The van der Waals surface area contributed by atoms with E-state index in [1.54, 1.807) is 0 Å². The standard InChI is InChI=1S/C59H60BN3.Pt/c1-56(2,3)40-20-18-24-47(33-40)61-52-27-17-16-26-50(52)51-30-29-45(38-53(51)61)60(44-22-14-13-15-23-44)46-32-43(59(10,11)12)35-49(37-46)63-39-62(63,48-25-19-21-41(34-48)57(4,5)6)54-31-28-42(36-55(54)63)58(7,8)9;/h13-23,25-36,39H,1-12H3;/q-2;+4/t62-,63?;/m0./s1. The number of hydrogen-bond donors (Lipinski definition) is 0. The van der Waals surface area contributed by atoms with Crippen molar-refractivity contribution in [1.29, 1.82) is 0 Å². The van der Waals surface area contributed by atoms with Crippen molar-refractivity contribution in [3.8, 4) is 5.69 Å². The Morgan fingerprint density at radius 3 is 1.86 bits per heavy atom. The molecule has 0 spiro atoms. The molecule has 8 aromatic rings. The summed E-state index contributed by atoms with van der Waals surface area (Å²) in [6.45, 7) is 30.1. The van der Waals surface area contributed by atoms with Gasteiger partial charge in [0, 0.05) is 35.5 Å². The number of aromatic nitrogens is 1. The first-order valence-corrected chi connectivity index (χ1v) is 22.7. The van der Waals surface area contributed by atoms with Crippen LogP contribution in [0.15, 0.2) is 140 Å². The van der Waals surface area contributed by atoms with Gasteiger partial charge < -0.3 is 4.57 Å². The molecule has 1 fully saturated rings. The molecular formula is C59H60BN3Pt+2. The Balaban J connectivity index is 0.00000518. The third-order valence-corrected chi connectivity index (χ3v) is 13.8. The van der Waals surface area contributed by atoms with Crippen LogP contribution in [0.1, 0.15) is 105 Å². The van der Waals surface area contributed by atoms with Gasteiger partial charge in [0.15, 0.2) is 19.1 Å². The van der Waals surface area contributed by atoms with Crippen molar-refractivity contribution in [2.45, 2.75) is 105 Å². The van der Waals surface area contributed by atoms with Crippen molar-refractivity contribution in [2.24, 2.45) is 0 Å². The maximum Gasteiger partial charge on any atom is 4.00 e. The van der Waals surface area contributed by atoms with Gasteiger partial charge in [-0.15, -0.1) is 29.1 Å². The minimum atomic E-state index is -0.126. The van der Waals surface area contributed by atoms with Crippen molar-refractivity contribution in [3.05, 3.63) is 187 Å². The minimum absolute atomic E-state index is 0. The molecule has 10 rings (SSSR count). The Morgan fingerprint density at radius 1 is 0.500 bits per heavy atom. The van der Waals surface area contributed by atoms with Crippen LogP contribution in [0.5, 0.6) is 0 Å². The fraction of sp³-hybridized carbons (Fsp3) is 0.271. The van der Waals surface area contributed by atoms with E-state index < -0.39 is 0 Å². The molecule has 0 amide bonds. The summed E-state index contributed by atoms with van der Waals surface area (Å²) >= 11 is 0. The van der Waals surface area contributed by atoms with Gasteiger partial charge in [-0.25, -0.2) is 4.59 Å². The molecular weight excluding hydrogens is 957 g/mol. The molecule has 0 bridgehead atoms. The van der Waals surface area contributed by atoms with Crippen LogP contribution in [0.4, 0.5) is 22.7 Å². The van der Waals surface area contributed by atoms with Gasteiger partial charge in [-0.1, -0.05) is 166 Å². The summed E-state index contributed by atoms with van der Waals surface area (Å²) in [5, 5.41) is 2.40. The van der Waals surface area contributed by atoms with Gasteiger partial charge in [0.25, 0.3) is 0 Å². The van der Waals surface area contributed by atoms with E-state index in [-0.39, 0.29) is 49.4 Å². The van der Waals surface area contributed by atoms with Crippen LogP contribution < -0.4 is 25.6 Å². The number of fused-ring (bicyclic) bond motifs is 7. The summed E-state index contributed by atoms with van der Waals surface area (Å²) in [5.41, 5.74) is 17.0. The van der Waals surface area contributed by atoms with Gasteiger partial charge in [0.05, 0.1) is 0 Å². The Kier molecular flexibility index (Phi) is 10.4. The van der Waals surface area contributed by atoms with Crippen LogP contribution in [0.25, 0.3) is 27.5 Å². The van der Waals surface area contributed by atoms with E-state index in [1.165, 1.54) is 61.2 Å². The molecule has 3 nitrogen and oxygen atoms in total. The summed E-state index contributed by atoms with van der Waals surface area (Å²) < 4.78 is 3.62. The minimum Gasteiger partial charge on any atom is -0.358 e. The zero-order chi connectivity index (χ0) is 44.5. The first-order chi connectivity index (χ1) is 29.7. The van der Waals surface area contributed by atoms with E-state index in [1.807, 2.05) is 0 Å². The van der Waals surface area contributed by atoms with Crippen LogP contribution in [0, 0.1) is 24.9 Å². The number of nitrogens with zero attached hydrogens (tertiary/aromatic N) is 3. The van der Waals surface area contributed by atoms with E-state index >= 15 is 0 Å². The van der Waals surface area contributed by atoms with Crippen molar-refractivity contribution in [1.82, 2.24) is 13.8 Å². The molecule has 5 heteroatoms. The van der Waals surface area contributed by atoms with Gasteiger partial charge in [0.1, 0.15) is 0 Å². The number of hydrogen-bond acceptors (Lipinski definition) is 0. The van der Waals surface area contributed by atoms with Gasteiger partial charge >= 0.3 is 21.1 Å². The first kappa shape index (κ1) is 44.2. The molecule has 2 atom stereocenters. The summed E-state index contributed by atoms with van der Waals surface area (Å²) in [7, 11) is 0. The Bertz CT molecular complexity index is 3100. The topological polar surface area (TPSA) is 4.93 Å². The zero-order valence-electron chi connectivity index (χ0n) is 39.6. The normalized spacial score (nSPS) is 18.2.